The molecule has 0 amide bonds. The number of hydrogen-bond donors (Lipinski definition) is 3. The number of aliphatic hydroxyl groups is 1. The second-order valence-corrected chi connectivity index (χ2v) is 8.53. The highest BCUT2D eigenvalue weighted by Crippen LogP contribution is 2.21. The molecule has 1 unspecified atom stereocenters. The van der Waals surface area contributed by atoms with Crippen LogP contribution in [0.15, 0.2) is 52.1 Å². The summed E-state index contributed by atoms with van der Waals surface area (Å²) in [5.41, 5.74) is 1.59. The fourth-order valence-electron chi connectivity index (χ4n) is 3.78. The number of benzene rings is 1. The number of rotatable bonds is 8. The summed E-state index contributed by atoms with van der Waals surface area (Å²) in [7, 11) is 0. The van der Waals surface area contributed by atoms with Crippen molar-refractivity contribution in [2.45, 2.75) is 45.8 Å². The number of furan rings is 1. The lowest BCUT2D eigenvalue weighted by Crippen LogP contribution is -2.43. The van der Waals surface area contributed by atoms with Gasteiger partial charge in [0.15, 0.2) is 5.96 Å². The van der Waals surface area contributed by atoms with Crippen LogP contribution in [0.5, 0.6) is 0 Å². The molecule has 6 nitrogen and oxygen atoms in total. The standard InChI is InChI=1S/C24H36N4O2/c1-4-25-23(27-18-24(3,29)22-6-5-15-30-22)26-16-20-11-13-28(14-12-20)17-21-9-7-19(2)8-10-21/h5-10,15,20,29H,4,11-14,16-18H2,1-3H3,(H2,25,26,27). The Morgan fingerprint density at radius 1 is 1.20 bits per heavy atom. The van der Waals surface area contributed by atoms with E-state index >= 15 is 0 Å². The van der Waals surface area contributed by atoms with Crippen LogP contribution in [0.2, 0.25) is 0 Å². The molecule has 1 aromatic heterocycles. The van der Waals surface area contributed by atoms with Crippen LogP contribution < -0.4 is 10.6 Å². The van der Waals surface area contributed by atoms with E-state index in [1.165, 1.54) is 24.0 Å². The number of piperidine rings is 1. The number of nitrogens with zero attached hydrogens (tertiary/aromatic N) is 2. The van der Waals surface area contributed by atoms with Crippen molar-refractivity contribution in [1.29, 1.82) is 0 Å². The van der Waals surface area contributed by atoms with E-state index in [2.05, 4.69) is 51.7 Å². The van der Waals surface area contributed by atoms with Crippen molar-refractivity contribution in [1.82, 2.24) is 15.5 Å². The lowest BCUT2D eigenvalue weighted by molar-refractivity contribution is 0.0437. The van der Waals surface area contributed by atoms with Crippen LogP contribution in [0, 0.1) is 12.8 Å². The number of hydrogen-bond acceptors (Lipinski definition) is 4. The predicted molar refractivity (Wildman–Crippen MR) is 121 cm³/mol. The Morgan fingerprint density at radius 3 is 2.57 bits per heavy atom. The Hall–Kier alpha value is -2.31. The van der Waals surface area contributed by atoms with Crippen molar-refractivity contribution in [3.63, 3.8) is 0 Å². The first-order valence-corrected chi connectivity index (χ1v) is 11.0. The molecule has 0 aliphatic carbocycles. The number of nitrogens with one attached hydrogen (secondary N) is 2. The quantitative estimate of drug-likeness (QED) is 0.458. The van der Waals surface area contributed by atoms with E-state index < -0.39 is 5.60 Å². The zero-order chi connectivity index (χ0) is 21.4. The molecular formula is C24H36N4O2. The average Bonchev–Trinajstić information content (AvgIpc) is 3.29. The van der Waals surface area contributed by atoms with Crippen LogP contribution in [-0.2, 0) is 12.1 Å². The molecule has 3 N–H and O–H groups in total. The van der Waals surface area contributed by atoms with Crippen LogP contribution in [0.4, 0.5) is 0 Å². The summed E-state index contributed by atoms with van der Waals surface area (Å²) in [6.45, 7) is 11.1. The van der Waals surface area contributed by atoms with Gasteiger partial charge in [0, 0.05) is 19.6 Å². The van der Waals surface area contributed by atoms with E-state index in [0.29, 0.717) is 11.7 Å². The normalized spacial score (nSPS) is 18.2. The van der Waals surface area contributed by atoms with Gasteiger partial charge < -0.3 is 20.2 Å². The van der Waals surface area contributed by atoms with E-state index in [1.807, 2.05) is 6.92 Å². The van der Waals surface area contributed by atoms with Gasteiger partial charge in [-0.25, -0.2) is 4.99 Å². The van der Waals surface area contributed by atoms with E-state index in [-0.39, 0.29) is 6.54 Å². The van der Waals surface area contributed by atoms with Crippen molar-refractivity contribution in [3.8, 4) is 0 Å². The molecule has 30 heavy (non-hydrogen) atoms. The maximum atomic E-state index is 10.6. The van der Waals surface area contributed by atoms with Gasteiger partial charge in [-0.2, -0.15) is 0 Å². The summed E-state index contributed by atoms with van der Waals surface area (Å²) in [5, 5.41) is 17.3. The highest BCUT2D eigenvalue weighted by atomic mass is 16.4. The fraction of sp³-hybridized carbons (Fsp3) is 0.542. The predicted octanol–water partition coefficient (Wildman–Crippen LogP) is 3.26. The monoisotopic (exact) mass is 412 g/mol. The molecular weight excluding hydrogens is 376 g/mol. The minimum absolute atomic E-state index is 0.241. The molecule has 1 aliphatic rings. The maximum absolute atomic E-state index is 10.6. The summed E-state index contributed by atoms with van der Waals surface area (Å²) in [5.74, 6) is 1.91. The molecule has 2 aromatic rings. The molecule has 0 spiro atoms. The zero-order valence-electron chi connectivity index (χ0n) is 18.5. The van der Waals surface area contributed by atoms with Crippen LogP contribution >= 0.6 is 0 Å². The minimum atomic E-state index is -1.12. The van der Waals surface area contributed by atoms with Crippen LogP contribution in [0.3, 0.4) is 0 Å². The average molecular weight is 413 g/mol. The van der Waals surface area contributed by atoms with E-state index in [4.69, 9.17) is 4.42 Å². The molecule has 0 saturated carbocycles. The van der Waals surface area contributed by atoms with Gasteiger partial charge in [-0.3, -0.25) is 4.90 Å². The SMILES string of the molecule is CCNC(=NCC(C)(O)c1ccco1)NCC1CCN(Cc2ccc(C)cc2)CC1. The summed E-state index contributed by atoms with van der Waals surface area (Å²) in [6.07, 6.45) is 3.94. The molecule has 1 fully saturated rings. The first-order chi connectivity index (χ1) is 14.5. The van der Waals surface area contributed by atoms with Gasteiger partial charge in [0.2, 0.25) is 0 Å². The van der Waals surface area contributed by atoms with Crippen LogP contribution in [-0.4, -0.2) is 48.7 Å². The van der Waals surface area contributed by atoms with Gasteiger partial charge in [0.1, 0.15) is 11.4 Å². The lowest BCUT2D eigenvalue weighted by Gasteiger charge is -2.32. The lowest BCUT2D eigenvalue weighted by atomic mass is 9.96. The summed E-state index contributed by atoms with van der Waals surface area (Å²) in [6, 6.07) is 12.4. The third-order valence-electron chi connectivity index (χ3n) is 5.73. The van der Waals surface area contributed by atoms with Gasteiger partial charge in [0.05, 0.1) is 12.8 Å². The van der Waals surface area contributed by atoms with Gasteiger partial charge in [-0.1, -0.05) is 29.8 Å². The van der Waals surface area contributed by atoms with Crippen LogP contribution in [0.1, 0.15) is 43.6 Å². The largest absolute Gasteiger partial charge is 0.466 e. The van der Waals surface area contributed by atoms with E-state index in [0.717, 1.165) is 38.7 Å². The minimum Gasteiger partial charge on any atom is -0.466 e. The zero-order valence-corrected chi connectivity index (χ0v) is 18.5. The Kier molecular flexibility index (Phi) is 7.94. The highest BCUT2D eigenvalue weighted by molar-refractivity contribution is 5.79. The molecule has 0 radical (unpaired) electrons. The summed E-state index contributed by atoms with van der Waals surface area (Å²) in [4.78, 5) is 7.12. The van der Waals surface area contributed by atoms with Crippen molar-refractivity contribution >= 4 is 5.96 Å². The number of aliphatic imine (C=N–C) groups is 1. The Morgan fingerprint density at radius 2 is 1.93 bits per heavy atom. The van der Waals surface area contributed by atoms with Crippen molar-refractivity contribution in [2.75, 3.05) is 32.7 Å². The van der Waals surface area contributed by atoms with Gasteiger partial charge in [0.25, 0.3) is 0 Å². The van der Waals surface area contributed by atoms with Crippen molar-refractivity contribution < 1.29 is 9.52 Å². The molecule has 0 bridgehead atoms. The van der Waals surface area contributed by atoms with Crippen molar-refractivity contribution in [3.05, 3.63) is 59.5 Å². The molecule has 1 atom stereocenters. The number of likely N-dealkylation sites (tertiary alicyclic amines) is 1. The Bertz CT molecular complexity index is 776. The molecule has 1 saturated heterocycles. The van der Waals surface area contributed by atoms with Gasteiger partial charge >= 0.3 is 0 Å². The maximum Gasteiger partial charge on any atom is 0.191 e. The fourth-order valence-corrected chi connectivity index (χ4v) is 3.78. The van der Waals surface area contributed by atoms with Gasteiger partial charge in [-0.15, -0.1) is 0 Å². The van der Waals surface area contributed by atoms with Gasteiger partial charge in [-0.05, 0) is 70.3 Å². The molecule has 1 aliphatic heterocycles. The van der Waals surface area contributed by atoms with Crippen molar-refractivity contribution in [2.24, 2.45) is 10.9 Å². The van der Waals surface area contributed by atoms with E-state index in [1.54, 1.807) is 25.3 Å². The third kappa shape index (κ3) is 6.61. The molecule has 2 heterocycles. The molecule has 164 valence electrons. The second-order valence-electron chi connectivity index (χ2n) is 8.53. The van der Waals surface area contributed by atoms with E-state index in [9.17, 15) is 5.11 Å². The number of guanidine groups is 1. The first kappa shape index (κ1) is 22.4. The topological polar surface area (TPSA) is 73.0 Å². The Balaban J connectivity index is 1.44. The Labute approximate surface area is 180 Å². The van der Waals surface area contributed by atoms with Crippen LogP contribution in [0.25, 0.3) is 0 Å². The first-order valence-electron chi connectivity index (χ1n) is 11.0. The molecule has 3 rings (SSSR count). The highest BCUT2D eigenvalue weighted by Gasteiger charge is 2.26. The summed E-state index contributed by atoms with van der Waals surface area (Å²) >= 11 is 0. The summed E-state index contributed by atoms with van der Waals surface area (Å²) < 4.78 is 5.34. The second kappa shape index (κ2) is 10.6. The smallest absolute Gasteiger partial charge is 0.191 e. The number of aryl methyl sites for hydroxylation is 1. The third-order valence-corrected chi connectivity index (χ3v) is 5.73. The molecule has 6 heteroatoms. The molecule has 1 aromatic carbocycles.